The van der Waals surface area contributed by atoms with Crippen molar-refractivity contribution in [2.75, 3.05) is 14.2 Å². The van der Waals surface area contributed by atoms with Crippen LogP contribution in [0.5, 0.6) is 11.5 Å². The molecule has 2 aromatic carbocycles. The van der Waals surface area contributed by atoms with Crippen molar-refractivity contribution >= 4 is 17.7 Å². The van der Waals surface area contributed by atoms with Crippen molar-refractivity contribution in [1.29, 1.82) is 0 Å². The molecule has 0 unspecified atom stereocenters. The van der Waals surface area contributed by atoms with Crippen molar-refractivity contribution in [1.82, 2.24) is 0 Å². The summed E-state index contributed by atoms with van der Waals surface area (Å²) in [7, 11) is 2.86. The fourth-order valence-corrected chi connectivity index (χ4v) is 2.48. The minimum atomic E-state index is -0.354. The van der Waals surface area contributed by atoms with Crippen LogP contribution in [-0.4, -0.2) is 25.3 Å². The highest BCUT2D eigenvalue weighted by Gasteiger charge is 2.07. The van der Waals surface area contributed by atoms with Gasteiger partial charge >= 0.3 is 5.97 Å². The highest BCUT2D eigenvalue weighted by Crippen LogP contribution is 2.34. The average molecular weight is 290 g/mol. The molecule has 0 aromatic heterocycles. The summed E-state index contributed by atoms with van der Waals surface area (Å²) in [6, 6.07) is 12.3. The Morgan fingerprint density at radius 1 is 1.05 bits per heavy atom. The molecule has 1 N–H and O–H groups in total. The molecular formula is C15H14O4S. The Morgan fingerprint density at radius 3 is 2.30 bits per heavy atom. The van der Waals surface area contributed by atoms with E-state index in [4.69, 9.17) is 4.74 Å². The van der Waals surface area contributed by atoms with Gasteiger partial charge in [-0.3, -0.25) is 0 Å². The molecule has 5 heteroatoms. The minimum Gasteiger partial charge on any atom is -0.504 e. The summed E-state index contributed by atoms with van der Waals surface area (Å²) in [5, 5.41) is 9.54. The zero-order valence-electron chi connectivity index (χ0n) is 11.1. The smallest absolute Gasteiger partial charge is 0.337 e. The average Bonchev–Trinajstić information content (AvgIpc) is 2.49. The van der Waals surface area contributed by atoms with Crippen LogP contribution in [0.15, 0.2) is 52.3 Å². The van der Waals surface area contributed by atoms with Gasteiger partial charge in [0.25, 0.3) is 0 Å². The van der Waals surface area contributed by atoms with Crippen LogP contribution in [0.1, 0.15) is 10.4 Å². The molecule has 2 rings (SSSR count). The number of hydrogen-bond donors (Lipinski definition) is 1. The monoisotopic (exact) mass is 290 g/mol. The van der Waals surface area contributed by atoms with Crippen LogP contribution >= 0.6 is 11.8 Å². The molecule has 0 radical (unpaired) electrons. The van der Waals surface area contributed by atoms with Gasteiger partial charge < -0.3 is 14.6 Å². The lowest BCUT2D eigenvalue weighted by Gasteiger charge is -2.07. The first-order chi connectivity index (χ1) is 9.63. The fraction of sp³-hybridized carbons (Fsp3) is 0.133. The number of esters is 1. The van der Waals surface area contributed by atoms with Gasteiger partial charge in [0.2, 0.25) is 0 Å². The van der Waals surface area contributed by atoms with Crippen molar-refractivity contribution in [3.8, 4) is 11.5 Å². The fourth-order valence-electron chi connectivity index (χ4n) is 1.63. The zero-order valence-corrected chi connectivity index (χ0v) is 11.9. The molecule has 0 saturated carbocycles. The molecule has 2 aromatic rings. The molecule has 0 aliphatic carbocycles. The van der Waals surface area contributed by atoms with Gasteiger partial charge in [0.1, 0.15) is 0 Å². The Morgan fingerprint density at radius 2 is 1.70 bits per heavy atom. The first-order valence-electron chi connectivity index (χ1n) is 5.87. The van der Waals surface area contributed by atoms with Gasteiger partial charge in [0, 0.05) is 9.79 Å². The van der Waals surface area contributed by atoms with Crippen LogP contribution in [-0.2, 0) is 4.74 Å². The molecule has 0 aliphatic rings. The number of aromatic hydroxyl groups is 1. The standard InChI is InChI=1S/C15H14O4S/c1-18-14-9-12(7-8-13(14)16)20-11-5-3-10(4-6-11)15(17)19-2/h3-9,16H,1-2H3. The third-order valence-electron chi connectivity index (χ3n) is 2.66. The predicted molar refractivity (Wildman–Crippen MR) is 76.6 cm³/mol. The number of phenolic OH excluding ortho intramolecular Hbond substituents is 1. The highest BCUT2D eigenvalue weighted by molar-refractivity contribution is 7.99. The normalized spacial score (nSPS) is 10.1. The first-order valence-corrected chi connectivity index (χ1v) is 6.69. The topological polar surface area (TPSA) is 55.8 Å². The van der Waals surface area contributed by atoms with Gasteiger partial charge in [-0.15, -0.1) is 0 Å². The molecule has 0 atom stereocenters. The van der Waals surface area contributed by atoms with Gasteiger partial charge in [-0.25, -0.2) is 4.79 Å². The third kappa shape index (κ3) is 3.24. The lowest BCUT2D eigenvalue weighted by Crippen LogP contribution is -2.00. The van der Waals surface area contributed by atoms with E-state index in [1.807, 2.05) is 12.1 Å². The summed E-state index contributed by atoms with van der Waals surface area (Å²) < 4.78 is 9.71. The van der Waals surface area contributed by atoms with Crippen LogP contribution in [0.4, 0.5) is 0 Å². The maximum atomic E-state index is 11.3. The Hall–Kier alpha value is -2.14. The second-order valence-electron chi connectivity index (χ2n) is 3.95. The Labute approximate surface area is 121 Å². The Balaban J connectivity index is 2.16. The van der Waals surface area contributed by atoms with Crippen LogP contribution in [0.2, 0.25) is 0 Å². The number of rotatable bonds is 4. The Kier molecular flexibility index (Phi) is 4.53. The van der Waals surface area contributed by atoms with Crippen molar-refractivity contribution in [2.45, 2.75) is 9.79 Å². The molecular weight excluding hydrogens is 276 g/mol. The number of carbonyl (C=O) groups excluding carboxylic acids is 1. The quantitative estimate of drug-likeness (QED) is 0.875. The second kappa shape index (κ2) is 6.34. The molecule has 0 spiro atoms. The predicted octanol–water partition coefficient (Wildman–Crippen LogP) is 3.34. The van der Waals surface area contributed by atoms with E-state index in [9.17, 15) is 9.90 Å². The van der Waals surface area contributed by atoms with Crippen LogP contribution < -0.4 is 4.74 Å². The number of hydrogen-bond acceptors (Lipinski definition) is 5. The van der Waals surface area contributed by atoms with Crippen LogP contribution in [0.3, 0.4) is 0 Å². The van der Waals surface area contributed by atoms with Crippen LogP contribution in [0, 0.1) is 0 Å². The van der Waals surface area contributed by atoms with Crippen molar-refractivity contribution in [2.24, 2.45) is 0 Å². The number of phenols is 1. The van der Waals surface area contributed by atoms with Gasteiger partial charge in [-0.1, -0.05) is 11.8 Å². The van der Waals surface area contributed by atoms with Crippen LogP contribution in [0.25, 0.3) is 0 Å². The number of methoxy groups -OCH3 is 2. The van der Waals surface area contributed by atoms with E-state index >= 15 is 0 Å². The summed E-state index contributed by atoms with van der Waals surface area (Å²) in [6.45, 7) is 0. The molecule has 0 heterocycles. The lowest BCUT2D eigenvalue weighted by atomic mass is 10.2. The molecule has 4 nitrogen and oxygen atoms in total. The molecule has 20 heavy (non-hydrogen) atoms. The molecule has 0 saturated heterocycles. The zero-order chi connectivity index (χ0) is 14.5. The lowest BCUT2D eigenvalue weighted by molar-refractivity contribution is 0.0600. The minimum absolute atomic E-state index is 0.109. The van der Waals surface area contributed by atoms with Crippen molar-refractivity contribution in [3.63, 3.8) is 0 Å². The molecule has 0 bridgehead atoms. The van der Waals surface area contributed by atoms with Crippen molar-refractivity contribution in [3.05, 3.63) is 48.0 Å². The summed E-state index contributed by atoms with van der Waals surface area (Å²) in [4.78, 5) is 13.2. The highest BCUT2D eigenvalue weighted by atomic mass is 32.2. The number of benzene rings is 2. The molecule has 104 valence electrons. The van der Waals surface area contributed by atoms with Gasteiger partial charge in [-0.2, -0.15) is 0 Å². The van der Waals surface area contributed by atoms with Crippen molar-refractivity contribution < 1.29 is 19.4 Å². The van der Waals surface area contributed by atoms with E-state index in [0.717, 1.165) is 9.79 Å². The summed E-state index contributed by atoms with van der Waals surface area (Å²) in [6.07, 6.45) is 0. The largest absolute Gasteiger partial charge is 0.504 e. The second-order valence-corrected chi connectivity index (χ2v) is 5.10. The third-order valence-corrected chi connectivity index (χ3v) is 3.66. The van der Waals surface area contributed by atoms with E-state index < -0.39 is 0 Å². The number of carbonyl (C=O) groups is 1. The van der Waals surface area contributed by atoms with Gasteiger partial charge in [-0.05, 0) is 42.5 Å². The van der Waals surface area contributed by atoms with E-state index in [0.29, 0.717) is 11.3 Å². The van der Waals surface area contributed by atoms with E-state index in [-0.39, 0.29) is 11.7 Å². The first kappa shape index (κ1) is 14.3. The maximum Gasteiger partial charge on any atom is 0.337 e. The molecule has 0 aliphatic heterocycles. The van der Waals surface area contributed by atoms with E-state index in [1.165, 1.54) is 26.0 Å². The molecule has 0 amide bonds. The van der Waals surface area contributed by atoms with E-state index in [2.05, 4.69) is 4.74 Å². The summed E-state index contributed by atoms with van der Waals surface area (Å²) in [5.74, 6) is 0.187. The van der Waals surface area contributed by atoms with Gasteiger partial charge in [0.05, 0.1) is 19.8 Å². The maximum absolute atomic E-state index is 11.3. The van der Waals surface area contributed by atoms with E-state index in [1.54, 1.807) is 30.3 Å². The summed E-state index contributed by atoms with van der Waals surface area (Å²) in [5.41, 5.74) is 0.514. The Bertz CT molecular complexity index is 608. The number of ether oxygens (including phenoxy) is 2. The SMILES string of the molecule is COC(=O)c1ccc(Sc2ccc(O)c(OC)c2)cc1. The van der Waals surface area contributed by atoms with Gasteiger partial charge in [0.15, 0.2) is 11.5 Å². The summed E-state index contributed by atoms with van der Waals surface area (Å²) >= 11 is 1.51. The molecule has 0 fully saturated rings.